The van der Waals surface area contributed by atoms with E-state index in [1.54, 1.807) is 0 Å². The molecule has 3 aromatic rings. The molecule has 0 spiro atoms. The Balaban J connectivity index is 2.51. The lowest BCUT2D eigenvalue weighted by Gasteiger charge is -1.96. The maximum absolute atomic E-state index is 11.6. The van der Waals surface area contributed by atoms with Crippen molar-refractivity contribution < 1.29 is 9.65 Å². The number of nitro groups is 1. The first kappa shape index (κ1) is 9.49. The van der Waals surface area contributed by atoms with Crippen molar-refractivity contribution in [3.63, 3.8) is 0 Å². The SMILES string of the molecule is O=[N+]([O-])c1cc2c3ccsc3c[n+]([O-])c2s1. The first-order valence-electron chi connectivity index (χ1n) is 4.34. The zero-order chi connectivity index (χ0) is 11.3. The van der Waals surface area contributed by atoms with Gasteiger partial charge in [0, 0.05) is 22.8 Å². The van der Waals surface area contributed by atoms with Crippen molar-refractivity contribution in [1.82, 2.24) is 0 Å². The Morgan fingerprint density at radius 1 is 1.38 bits per heavy atom. The summed E-state index contributed by atoms with van der Waals surface area (Å²) in [5.74, 6) is 0. The Labute approximate surface area is 96.9 Å². The monoisotopic (exact) mass is 252 g/mol. The highest BCUT2D eigenvalue weighted by molar-refractivity contribution is 7.21. The van der Waals surface area contributed by atoms with Crippen LogP contribution in [-0.2, 0) is 0 Å². The van der Waals surface area contributed by atoms with Crippen molar-refractivity contribution in [3.05, 3.63) is 39.0 Å². The normalized spacial score (nSPS) is 11.2. The topological polar surface area (TPSA) is 70.1 Å². The summed E-state index contributed by atoms with van der Waals surface area (Å²) in [4.78, 5) is 10.6. The van der Waals surface area contributed by atoms with Crippen molar-refractivity contribution in [2.75, 3.05) is 0 Å². The first-order chi connectivity index (χ1) is 7.66. The minimum atomic E-state index is -0.469. The molecule has 0 radical (unpaired) electrons. The maximum atomic E-state index is 11.6. The van der Waals surface area contributed by atoms with E-state index < -0.39 is 4.92 Å². The minimum Gasteiger partial charge on any atom is -0.618 e. The molecular weight excluding hydrogens is 248 g/mol. The highest BCUT2D eigenvalue weighted by atomic mass is 32.1. The summed E-state index contributed by atoms with van der Waals surface area (Å²) >= 11 is 2.35. The summed E-state index contributed by atoms with van der Waals surface area (Å²) in [5, 5.41) is 25.7. The summed E-state index contributed by atoms with van der Waals surface area (Å²) < 4.78 is 1.54. The standard InChI is InChI=1S/C9H4N2O3S2/c12-10-4-7-5(1-2-15-7)6-3-8(11(13)14)16-9(6)10/h1-4H. The van der Waals surface area contributed by atoms with Crippen LogP contribution < -0.4 is 4.73 Å². The number of hydrogen-bond acceptors (Lipinski definition) is 5. The number of hydrogen-bond donors (Lipinski definition) is 0. The fraction of sp³-hybridized carbons (Fsp3) is 0. The number of pyridine rings is 1. The average molecular weight is 252 g/mol. The van der Waals surface area contributed by atoms with Crippen LogP contribution in [0.3, 0.4) is 0 Å². The lowest BCUT2D eigenvalue weighted by atomic mass is 10.2. The Bertz CT molecular complexity index is 716. The molecule has 7 heteroatoms. The quantitative estimate of drug-likeness (QED) is 0.289. The second-order valence-electron chi connectivity index (χ2n) is 3.21. The summed E-state index contributed by atoms with van der Waals surface area (Å²) in [7, 11) is 0. The Hall–Kier alpha value is -1.73. The van der Waals surface area contributed by atoms with Crippen LogP contribution in [-0.4, -0.2) is 4.92 Å². The van der Waals surface area contributed by atoms with Crippen molar-refractivity contribution >= 4 is 48.0 Å². The minimum absolute atomic E-state index is 0.00157. The summed E-state index contributed by atoms with van der Waals surface area (Å²) in [6.07, 6.45) is 1.46. The number of rotatable bonds is 1. The Morgan fingerprint density at radius 3 is 2.94 bits per heavy atom. The van der Waals surface area contributed by atoms with Crippen molar-refractivity contribution in [2.24, 2.45) is 0 Å². The molecule has 0 N–H and O–H groups in total. The molecule has 0 bridgehead atoms. The van der Waals surface area contributed by atoms with Crippen LogP contribution in [0.5, 0.6) is 0 Å². The molecule has 0 aliphatic carbocycles. The molecule has 0 saturated heterocycles. The van der Waals surface area contributed by atoms with E-state index in [1.165, 1.54) is 23.6 Å². The van der Waals surface area contributed by atoms with Crippen LogP contribution in [0.25, 0.3) is 20.3 Å². The zero-order valence-corrected chi connectivity index (χ0v) is 9.38. The third-order valence-electron chi connectivity index (χ3n) is 2.30. The van der Waals surface area contributed by atoms with E-state index in [0.29, 0.717) is 14.9 Å². The number of aromatic nitrogens is 1. The third kappa shape index (κ3) is 1.18. The number of nitrogens with zero attached hydrogens (tertiary/aromatic N) is 2. The van der Waals surface area contributed by atoms with E-state index in [1.807, 2.05) is 11.4 Å². The Morgan fingerprint density at radius 2 is 2.19 bits per heavy atom. The van der Waals surface area contributed by atoms with Crippen molar-refractivity contribution in [1.29, 1.82) is 0 Å². The van der Waals surface area contributed by atoms with E-state index in [0.717, 1.165) is 21.4 Å². The van der Waals surface area contributed by atoms with Crippen LogP contribution in [0.1, 0.15) is 0 Å². The van der Waals surface area contributed by atoms with Gasteiger partial charge in [-0.05, 0) is 11.4 Å². The lowest BCUT2D eigenvalue weighted by Crippen LogP contribution is -2.24. The number of thiophene rings is 2. The number of fused-ring (bicyclic) bond motifs is 3. The van der Waals surface area contributed by atoms with E-state index >= 15 is 0 Å². The van der Waals surface area contributed by atoms with Gasteiger partial charge in [-0.15, -0.1) is 11.3 Å². The van der Waals surface area contributed by atoms with Gasteiger partial charge < -0.3 is 5.21 Å². The van der Waals surface area contributed by atoms with Gasteiger partial charge in [0.25, 0.3) is 4.83 Å². The lowest BCUT2D eigenvalue weighted by molar-refractivity contribution is -0.573. The largest absolute Gasteiger partial charge is 0.618 e. The highest BCUT2D eigenvalue weighted by Crippen LogP contribution is 2.35. The molecule has 0 aliphatic heterocycles. The average Bonchev–Trinajstić information content (AvgIpc) is 2.80. The molecule has 0 fully saturated rings. The molecule has 3 rings (SSSR count). The smallest absolute Gasteiger partial charge is 0.330 e. The second-order valence-corrected chi connectivity index (χ2v) is 5.17. The van der Waals surface area contributed by atoms with Crippen molar-refractivity contribution in [3.8, 4) is 0 Å². The zero-order valence-electron chi connectivity index (χ0n) is 7.75. The van der Waals surface area contributed by atoms with Crippen LogP contribution in [0.4, 0.5) is 5.00 Å². The molecule has 0 saturated carbocycles. The van der Waals surface area contributed by atoms with Gasteiger partial charge in [-0.3, -0.25) is 10.1 Å². The molecule has 0 aliphatic rings. The van der Waals surface area contributed by atoms with Gasteiger partial charge in [0.2, 0.25) is 0 Å². The van der Waals surface area contributed by atoms with E-state index in [2.05, 4.69) is 0 Å². The van der Waals surface area contributed by atoms with Crippen LogP contribution in [0, 0.1) is 15.3 Å². The summed E-state index contributed by atoms with van der Waals surface area (Å²) in [6.45, 7) is 0. The molecule has 0 atom stereocenters. The van der Waals surface area contributed by atoms with Gasteiger partial charge in [-0.2, -0.15) is 4.73 Å². The molecule has 0 amide bonds. The van der Waals surface area contributed by atoms with Gasteiger partial charge in [0.15, 0.2) is 6.20 Å². The van der Waals surface area contributed by atoms with Gasteiger partial charge in [0.1, 0.15) is 4.70 Å². The summed E-state index contributed by atoms with van der Waals surface area (Å²) in [6, 6.07) is 3.34. The van der Waals surface area contributed by atoms with E-state index in [-0.39, 0.29) is 5.00 Å². The van der Waals surface area contributed by atoms with Crippen molar-refractivity contribution in [2.45, 2.75) is 0 Å². The second kappa shape index (κ2) is 3.13. The van der Waals surface area contributed by atoms with Gasteiger partial charge in [0.05, 0.1) is 10.3 Å². The van der Waals surface area contributed by atoms with Gasteiger partial charge in [-0.25, -0.2) is 0 Å². The molecule has 80 valence electrons. The molecule has 3 aromatic heterocycles. The molecule has 0 unspecified atom stereocenters. The molecular formula is C9H4N2O3S2. The predicted molar refractivity (Wildman–Crippen MR) is 62.8 cm³/mol. The van der Waals surface area contributed by atoms with Gasteiger partial charge in [-0.1, -0.05) is 0 Å². The predicted octanol–water partition coefficient (Wildman–Crippen LogP) is 2.66. The maximum Gasteiger partial charge on any atom is 0.330 e. The molecule has 3 heterocycles. The summed E-state index contributed by atoms with van der Waals surface area (Å²) in [5.41, 5.74) is 0. The molecule has 16 heavy (non-hydrogen) atoms. The molecule has 5 nitrogen and oxygen atoms in total. The van der Waals surface area contributed by atoms with Gasteiger partial charge >= 0.3 is 5.00 Å². The van der Waals surface area contributed by atoms with Crippen LogP contribution >= 0.6 is 22.7 Å². The highest BCUT2D eigenvalue weighted by Gasteiger charge is 2.20. The van der Waals surface area contributed by atoms with Crippen LogP contribution in [0.2, 0.25) is 0 Å². The fourth-order valence-corrected chi connectivity index (χ4v) is 3.31. The van der Waals surface area contributed by atoms with Crippen LogP contribution in [0.15, 0.2) is 23.7 Å². The third-order valence-corrected chi connectivity index (χ3v) is 4.22. The fourth-order valence-electron chi connectivity index (χ4n) is 1.62. The van der Waals surface area contributed by atoms with E-state index in [4.69, 9.17) is 0 Å². The Kier molecular flexibility index (Phi) is 1.86. The van der Waals surface area contributed by atoms with E-state index in [9.17, 15) is 15.3 Å². The first-order valence-corrected chi connectivity index (χ1v) is 6.04. The molecule has 0 aromatic carbocycles.